The molecule has 0 radical (unpaired) electrons. The Morgan fingerprint density at radius 3 is 2.49 bits per heavy atom. The summed E-state index contributed by atoms with van der Waals surface area (Å²) in [4.78, 5) is 4.89. The molecule has 2 aliphatic rings. The molecule has 0 saturated heterocycles. The maximum absolute atomic E-state index is 14.3. The van der Waals surface area contributed by atoms with Gasteiger partial charge in [-0.2, -0.15) is 0 Å². The lowest BCUT2D eigenvalue weighted by molar-refractivity contribution is 0.466. The van der Waals surface area contributed by atoms with Crippen LogP contribution in [-0.4, -0.2) is 25.5 Å². The van der Waals surface area contributed by atoms with Gasteiger partial charge in [0.15, 0.2) is 6.80 Å². The molecule has 3 rings (SSSR count). The van der Waals surface area contributed by atoms with Crippen LogP contribution >= 0.6 is 0 Å². The molecule has 3 nitrogen and oxygen atoms in total. The molecule has 1 atom stereocenters. The van der Waals surface area contributed by atoms with Gasteiger partial charge in [-0.1, -0.05) is 57.4 Å². The standard InChI is InChI=1S/C26H31F2N3.C2H6.CH3F/c1-5-19(6-2)15-29-26-23(25(18(4)28)30-16-27)14-22-17(3)12-21(13-24(22)31-26)20-10-8-7-9-11-20;2*1-2/h5-6,8,10-11,14,21,30H,1,3,7,9,12-13,15-16H2,2,4H3,(H,29,31);1-2H3;1H3/b19-6+,25-18+;;. The van der Waals surface area contributed by atoms with E-state index in [0.717, 1.165) is 48.1 Å². The SMILES string of the molecule is C=C/C(=C\C)CNc1nc2c(cc1/C(NCF)=C(/C)F)C(=C)CC(C1=CCCC=C1)C2.CC.CF. The van der Waals surface area contributed by atoms with Gasteiger partial charge in [0.25, 0.3) is 0 Å². The van der Waals surface area contributed by atoms with Crippen LogP contribution in [0.25, 0.3) is 11.3 Å². The number of rotatable bonds is 8. The van der Waals surface area contributed by atoms with Gasteiger partial charge in [-0.3, -0.25) is 4.39 Å². The van der Waals surface area contributed by atoms with E-state index in [-0.39, 0.29) is 5.70 Å². The molecule has 0 amide bonds. The third-order valence-electron chi connectivity index (χ3n) is 5.86. The first-order valence-electron chi connectivity index (χ1n) is 12.1. The van der Waals surface area contributed by atoms with E-state index in [1.807, 2.05) is 32.9 Å². The Hall–Kier alpha value is -3.02. The van der Waals surface area contributed by atoms with Crippen LogP contribution in [0.4, 0.5) is 19.0 Å². The Labute approximate surface area is 209 Å². The predicted octanol–water partition coefficient (Wildman–Crippen LogP) is 8.26. The van der Waals surface area contributed by atoms with Gasteiger partial charge >= 0.3 is 0 Å². The molecule has 1 unspecified atom stereocenters. The summed E-state index contributed by atoms with van der Waals surface area (Å²) in [6, 6.07) is 1.89. The molecule has 0 aliphatic heterocycles. The van der Waals surface area contributed by atoms with Crippen LogP contribution in [0.1, 0.15) is 63.8 Å². The highest BCUT2D eigenvalue weighted by atomic mass is 19.1. The Morgan fingerprint density at radius 2 is 1.94 bits per heavy atom. The van der Waals surface area contributed by atoms with Gasteiger partial charge in [0.05, 0.1) is 18.6 Å². The van der Waals surface area contributed by atoms with E-state index in [4.69, 9.17) is 4.98 Å². The molecule has 1 aromatic rings. The van der Waals surface area contributed by atoms with Crippen molar-refractivity contribution in [3.63, 3.8) is 0 Å². The molecule has 2 N–H and O–H groups in total. The zero-order valence-corrected chi connectivity index (χ0v) is 21.8. The van der Waals surface area contributed by atoms with Crippen molar-refractivity contribution in [1.82, 2.24) is 10.3 Å². The smallest absolute Gasteiger partial charge is 0.159 e. The summed E-state index contributed by atoms with van der Waals surface area (Å²) < 4.78 is 36.9. The van der Waals surface area contributed by atoms with Crippen LogP contribution in [0.15, 0.2) is 66.6 Å². The van der Waals surface area contributed by atoms with Crippen LogP contribution in [0.3, 0.4) is 0 Å². The number of hydrogen-bond acceptors (Lipinski definition) is 3. The molecule has 2 aliphatic carbocycles. The third kappa shape index (κ3) is 8.01. The number of nitrogens with one attached hydrogen (secondary N) is 2. The molecule has 0 bridgehead atoms. The van der Waals surface area contributed by atoms with Crippen molar-refractivity contribution in [2.75, 3.05) is 25.8 Å². The summed E-state index contributed by atoms with van der Waals surface area (Å²) in [5, 5.41) is 5.81. The summed E-state index contributed by atoms with van der Waals surface area (Å²) in [6.45, 7) is 15.0. The second-order valence-corrected chi connectivity index (χ2v) is 7.91. The van der Waals surface area contributed by atoms with Crippen LogP contribution < -0.4 is 10.6 Å². The Kier molecular flexibility index (Phi) is 13.5. The van der Waals surface area contributed by atoms with Crippen LogP contribution in [0.5, 0.6) is 0 Å². The van der Waals surface area contributed by atoms with Crippen LogP contribution in [0, 0.1) is 5.92 Å². The highest BCUT2D eigenvalue weighted by molar-refractivity contribution is 5.79. The van der Waals surface area contributed by atoms with Crippen molar-refractivity contribution >= 4 is 17.1 Å². The molecular formula is C29H40F3N3. The first-order valence-corrected chi connectivity index (χ1v) is 12.1. The highest BCUT2D eigenvalue weighted by Crippen LogP contribution is 2.39. The minimum Gasteiger partial charge on any atom is -0.365 e. The zero-order chi connectivity index (χ0) is 26.4. The lowest BCUT2D eigenvalue weighted by atomic mass is 9.78. The van der Waals surface area contributed by atoms with E-state index in [0.29, 0.717) is 31.0 Å². The van der Waals surface area contributed by atoms with E-state index in [1.54, 1.807) is 6.08 Å². The molecule has 0 spiro atoms. The lowest BCUT2D eigenvalue weighted by Crippen LogP contribution is -2.21. The molecule has 1 heterocycles. The number of anilines is 1. The minimum absolute atomic E-state index is 0.105. The van der Waals surface area contributed by atoms with E-state index in [9.17, 15) is 13.2 Å². The Balaban J connectivity index is 0.00000145. The monoisotopic (exact) mass is 487 g/mol. The number of fused-ring (bicyclic) bond motifs is 1. The van der Waals surface area contributed by atoms with E-state index in [1.165, 1.54) is 12.5 Å². The Morgan fingerprint density at radius 1 is 1.23 bits per heavy atom. The summed E-state index contributed by atoms with van der Waals surface area (Å²) >= 11 is 0. The fourth-order valence-electron chi connectivity index (χ4n) is 4.17. The topological polar surface area (TPSA) is 37.0 Å². The predicted molar refractivity (Wildman–Crippen MR) is 145 cm³/mol. The number of nitrogens with zero attached hydrogens (tertiary/aromatic N) is 1. The van der Waals surface area contributed by atoms with Crippen molar-refractivity contribution < 1.29 is 13.2 Å². The quantitative estimate of drug-likeness (QED) is 0.286. The number of alkyl halides is 2. The highest BCUT2D eigenvalue weighted by Gasteiger charge is 2.27. The van der Waals surface area contributed by atoms with Crippen molar-refractivity contribution in [2.45, 2.75) is 53.4 Å². The fourth-order valence-corrected chi connectivity index (χ4v) is 4.17. The minimum atomic E-state index is -0.872. The Bertz CT molecular complexity index is 983. The van der Waals surface area contributed by atoms with Crippen molar-refractivity contribution in [3.05, 3.63) is 83.4 Å². The van der Waals surface area contributed by atoms with E-state index >= 15 is 0 Å². The number of halogens is 3. The number of pyridine rings is 1. The average Bonchev–Trinajstić information content (AvgIpc) is 2.90. The molecule has 35 heavy (non-hydrogen) atoms. The van der Waals surface area contributed by atoms with Gasteiger partial charge in [0.1, 0.15) is 11.6 Å². The van der Waals surface area contributed by atoms with Crippen molar-refractivity contribution in [1.29, 1.82) is 0 Å². The number of allylic oxidation sites excluding steroid dienone is 7. The van der Waals surface area contributed by atoms with Crippen LogP contribution in [-0.2, 0) is 6.42 Å². The van der Waals surface area contributed by atoms with Crippen molar-refractivity contribution in [3.8, 4) is 0 Å². The van der Waals surface area contributed by atoms with Crippen LogP contribution in [0.2, 0.25) is 0 Å². The lowest BCUT2D eigenvalue weighted by Gasteiger charge is -2.29. The second-order valence-electron chi connectivity index (χ2n) is 7.91. The fraction of sp³-hybridized carbons (Fsp3) is 0.414. The van der Waals surface area contributed by atoms with Gasteiger partial charge < -0.3 is 10.6 Å². The molecule has 192 valence electrons. The zero-order valence-electron chi connectivity index (χ0n) is 21.8. The number of hydrogen-bond donors (Lipinski definition) is 2. The van der Waals surface area contributed by atoms with Gasteiger partial charge in [-0.25, -0.2) is 13.8 Å². The summed E-state index contributed by atoms with van der Waals surface area (Å²) in [5.41, 5.74) is 5.77. The summed E-state index contributed by atoms with van der Waals surface area (Å²) in [6.07, 6.45) is 14.2. The number of aromatic nitrogens is 1. The maximum Gasteiger partial charge on any atom is 0.159 e. The molecule has 0 aromatic carbocycles. The largest absolute Gasteiger partial charge is 0.365 e. The maximum atomic E-state index is 14.3. The normalized spacial score (nSPS) is 17.5. The molecule has 0 saturated carbocycles. The van der Waals surface area contributed by atoms with Crippen molar-refractivity contribution in [2.24, 2.45) is 5.92 Å². The van der Waals surface area contributed by atoms with E-state index < -0.39 is 12.6 Å². The summed E-state index contributed by atoms with van der Waals surface area (Å²) in [7, 11) is 0.500. The van der Waals surface area contributed by atoms with Gasteiger partial charge in [0, 0.05) is 12.1 Å². The summed E-state index contributed by atoms with van der Waals surface area (Å²) in [5.74, 6) is 0.368. The van der Waals surface area contributed by atoms with Gasteiger partial charge in [-0.05, 0) is 73.8 Å². The molecule has 1 aromatic heterocycles. The van der Waals surface area contributed by atoms with Gasteiger partial charge in [0.2, 0.25) is 0 Å². The second kappa shape index (κ2) is 15.8. The molecular weight excluding hydrogens is 447 g/mol. The average molecular weight is 488 g/mol. The van der Waals surface area contributed by atoms with Gasteiger partial charge in [-0.15, -0.1) is 0 Å². The molecule has 0 fully saturated rings. The molecule has 6 heteroatoms. The first-order chi connectivity index (χ1) is 17.0. The van der Waals surface area contributed by atoms with E-state index in [2.05, 4.69) is 42.0 Å². The first kappa shape index (κ1) is 30.0. The third-order valence-corrected chi connectivity index (χ3v) is 5.86.